The minimum absolute atomic E-state index is 0.0544. The van der Waals surface area contributed by atoms with Crippen molar-refractivity contribution in [1.29, 1.82) is 0 Å². The third-order valence-electron chi connectivity index (χ3n) is 2.42. The Hall–Kier alpha value is -1.81. The van der Waals surface area contributed by atoms with Crippen LogP contribution in [-0.2, 0) is 6.54 Å². The first-order valence-electron chi connectivity index (χ1n) is 5.14. The highest BCUT2D eigenvalue weighted by atomic mass is 16.3. The van der Waals surface area contributed by atoms with E-state index in [0.717, 1.165) is 5.76 Å². The highest BCUT2D eigenvalue weighted by molar-refractivity contribution is 5.09. The fraction of sp³-hybridized carbons (Fsp3) is 0.250. The van der Waals surface area contributed by atoms with Crippen LogP contribution in [0.2, 0.25) is 0 Å². The number of aryl methyl sites for hydroxylation is 1. The first-order valence-corrected chi connectivity index (χ1v) is 5.14. The molecule has 4 nitrogen and oxygen atoms in total. The third kappa shape index (κ3) is 2.23. The summed E-state index contributed by atoms with van der Waals surface area (Å²) < 4.78 is 6.99. The number of nitrogens with zero attached hydrogens (tertiary/aromatic N) is 1. The fourth-order valence-electron chi connectivity index (χ4n) is 1.57. The van der Waals surface area contributed by atoms with Gasteiger partial charge in [-0.05, 0) is 25.1 Å². The van der Waals surface area contributed by atoms with E-state index in [4.69, 9.17) is 10.2 Å². The van der Waals surface area contributed by atoms with Gasteiger partial charge in [0.2, 0.25) is 0 Å². The van der Waals surface area contributed by atoms with Gasteiger partial charge in [0.25, 0.3) is 5.56 Å². The van der Waals surface area contributed by atoms with E-state index in [0.29, 0.717) is 12.3 Å². The van der Waals surface area contributed by atoms with Gasteiger partial charge in [-0.25, -0.2) is 0 Å². The molecule has 4 heteroatoms. The molecule has 0 spiro atoms. The maximum absolute atomic E-state index is 11.5. The van der Waals surface area contributed by atoms with Gasteiger partial charge in [0.05, 0.1) is 6.04 Å². The van der Waals surface area contributed by atoms with Crippen LogP contribution in [-0.4, -0.2) is 4.57 Å². The number of rotatable bonds is 3. The molecule has 0 amide bonds. The van der Waals surface area contributed by atoms with E-state index in [-0.39, 0.29) is 11.6 Å². The van der Waals surface area contributed by atoms with Crippen LogP contribution in [0.15, 0.2) is 45.7 Å². The van der Waals surface area contributed by atoms with E-state index in [2.05, 4.69) is 0 Å². The Bertz CT molecular complexity index is 528. The van der Waals surface area contributed by atoms with Crippen molar-refractivity contribution < 1.29 is 4.42 Å². The SMILES string of the molecule is Cc1ccc(C(N)Cn2ccccc2=O)o1. The van der Waals surface area contributed by atoms with Gasteiger partial charge in [-0.1, -0.05) is 6.07 Å². The normalized spacial score (nSPS) is 12.6. The summed E-state index contributed by atoms with van der Waals surface area (Å²) in [7, 11) is 0. The number of nitrogens with two attached hydrogens (primary N) is 1. The van der Waals surface area contributed by atoms with Crippen LogP contribution in [0.5, 0.6) is 0 Å². The Morgan fingerprint density at radius 2 is 2.19 bits per heavy atom. The van der Waals surface area contributed by atoms with Gasteiger partial charge in [-0.2, -0.15) is 0 Å². The molecule has 0 aliphatic rings. The predicted molar refractivity (Wildman–Crippen MR) is 61.1 cm³/mol. The summed E-state index contributed by atoms with van der Waals surface area (Å²) in [4.78, 5) is 11.5. The molecule has 0 bridgehead atoms. The average Bonchev–Trinajstić information content (AvgIpc) is 2.68. The van der Waals surface area contributed by atoms with Crippen molar-refractivity contribution in [3.05, 3.63) is 58.4 Å². The molecule has 1 unspecified atom stereocenters. The summed E-state index contributed by atoms with van der Waals surface area (Å²) in [6.45, 7) is 2.29. The Balaban J connectivity index is 2.17. The van der Waals surface area contributed by atoms with Crippen molar-refractivity contribution in [3.63, 3.8) is 0 Å². The summed E-state index contributed by atoms with van der Waals surface area (Å²) in [5.41, 5.74) is 5.90. The third-order valence-corrected chi connectivity index (χ3v) is 2.42. The molecule has 2 N–H and O–H groups in total. The molecule has 2 heterocycles. The van der Waals surface area contributed by atoms with Crippen molar-refractivity contribution in [3.8, 4) is 0 Å². The van der Waals surface area contributed by atoms with Crippen LogP contribution in [0.3, 0.4) is 0 Å². The Morgan fingerprint density at radius 1 is 1.38 bits per heavy atom. The molecule has 2 aromatic rings. The summed E-state index contributed by atoms with van der Waals surface area (Å²) in [6.07, 6.45) is 1.72. The van der Waals surface area contributed by atoms with Crippen molar-refractivity contribution in [2.24, 2.45) is 5.73 Å². The lowest BCUT2D eigenvalue weighted by Gasteiger charge is -2.10. The Morgan fingerprint density at radius 3 is 2.81 bits per heavy atom. The summed E-state index contributed by atoms with van der Waals surface area (Å²) in [6, 6.07) is 8.44. The molecular weight excluding hydrogens is 204 g/mol. The molecule has 0 radical (unpaired) electrons. The van der Waals surface area contributed by atoms with Crippen LogP contribution in [0, 0.1) is 6.92 Å². The molecule has 2 aromatic heterocycles. The second kappa shape index (κ2) is 4.37. The molecule has 16 heavy (non-hydrogen) atoms. The lowest BCUT2D eigenvalue weighted by Crippen LogP contribution is -2.25. The molecule has 0 saturated heterocycles. The highest BCUT2D eigenvalue weighted by Crippen LogP contribution is 2.14. The highest BCUT2D eigenvalue weighted by Gasteiger charge is 2.10. The molecular formula is C12H14N2O2. The van der Waals surface area contributed by atoms with Crippen LogP contribution >= 0.6 is 0 Å². The maximum atomic E-state index is 11.5. The maximum Gasteiger partial charge on any atom is 0.250 e. The summed E-state index contributed by atoms with van der Waals surface area (Å²) >= 11 is 0. The molecule has 1 atom stereocenters. The first kappa shape index (κ1) is 10.7. The van der Waals surface area contributed by atoms with Crippen molar-refractivity contribution in [2.45, 2.75) is 19.5 Å². The zero-order valence-corrected chi connectivity index (χ0v) is 9.09. The lowest BCUT2D eigenvalue weighted by atomic mass is 10.2. The second-order valence-electron chi connectivity index (χ2n) is 3.75. The molecule has 0 aliphatic heterocycles. The number of hydrogen-bond donors (Lipinski definition) is 1. The van der Waals surface area contributed by atoms with Gasteiger partial charge in [0.15, 0.2) is 0 Å². The Kier molecular flexibility index (Phi) is 2.92. The van der Waals surface area contributed by atoms with Crippen LogP contribution in [0.25, 0.3) is 0 Å². The average molecular weight is 218 g/mol. The lowest BCUT2D eigenvalue weighted by molar-refractivity contribution is 0.417. The van der Waals surface area contributed by atoms with Gasteiger partial charge < -0.3 is 14.7 Å². The van der Waals surface area contributed by atoms with Crippen LogP contribution < -0.4 is 11.3 Å². The monoisotopic (exact) mass is 218 g/mol. The Labute approximate surface area is 93.3 Å². The molecule has 0 aromatic carbocycles. The molecule has 0 saturated carbocycles. The second-order valence-corrected chi connectivity index (χ2v) is 3.75. The standard InChI is InChI=1S/C12H14N2O2/c1-9-5-6-11(16-9)10(13)8-14-7-3-2-4-12(14)15/h2-7,10H,8,13H2,1H3. The van der Waals surface area contributed by atoms with Gasteiger partial charge >= 0.3 is 0 Å². The minimum Gasteiger partial charge on any atom is -0.465 e. The largest absolute Gasteiger partial charge is 0.465 e. The molecule has 84 valence electrons. The van der Waals surface area contributed by atoms with Crippen molar-refractivity contribution in [2.75, 3.05) is 0 Å². The zero-order valence-electron chi connectivity index (χ0n) is 9.09. The van der Waals surface area contributed by atoms with Crippen molar-refractivity contribution >= 4 is 0 Å². The van der Waals surface area contributed by atoms with Crippen LogP contribution in [0.4, 0.5) is 0 Å². The molecule has 2 rings (SSSR count). The molecule has 0 fully saturated rings. The first-order chi connectivity index (χ1) is 7.66. The smallest absolute Gasteiger partial charge is 0.250 e. The van der Waals surface area contributed by atoms with Gasteiger partial charge in [0.1, 0.15) is 11.5 Å². The van der Waals surface area contributed by atoms with E-state index in [1.807, 2.05) is 25.1 Å². The topological polar surface area (TPSA) is 61.2 Å². The van der Waals surface area contributed by atoms with Gasteiger partial charge in [-0.3, -0.25) is 4.79 Å². The van der Waals surface area contributed by atoms with Crippen LogP contribution in [0.1, 0.15) is 17.6 Å². The fourth-order valence-corrected chi connectivity index (χ4v) is 1.57. The van der Waals surface area contributed by atoms with E-state index in [9.17, 15) is 4.79 Å². The number of aromatic nitrogens is 1. The van der Waals surface area contributed by atoms with E-state index < -0.39 is 0 Å². The summed E-state index contributed by atoms with van der Waals surface area (Å²) in [5.74, 6) is 1.53. The van der Waals surface area contributed by atoms with Gasteiger partial charge in [-0.15, -0.1) is 0 Å². The van der Waals surface area contributed by atoms with E-state index in [1.54, 1.807) is 16.8 Å². The van der Waals surface area contributed by atoms with Crippen molar-refractivity contribution in [1.82, 2.24) is 4.57 Å². The van der Waals surface area contributed by atoms with E-state index >= 15 is 0 Å². The minimum atomic E-state index is -0.297. The summed E-state index contributed by atoms with van der Waals surface area (Å²) in [5, 5.41) is 0. The number of pyridine rings is 1. The predicted octanol–water partition coefficient (Wildman–Crippen LogP) is 1.45. The molecule has 0 aliphatic carbocycles. The number of furan rings is 1. The van der Waals surface area contributed by atoms with Gasteiger partial charge in [0, 0.05) is 18.8 Å². The van der Waals surface area contributed by atoms with E-state index in [1.165, 1.54) is 6.07 Å². The quantitative estimate of drug-likeness (QED) is 0.848. The number of hydrogen-bond acceptors (Lipinski definition) is 3. The zero-order chi connectivity index (χ0) is 11.5.